The number of hydrogen-bond donors (Lipinski definition) is 2. The van der Waals surface area contributed by atoms with Gasteiger partial charge in [0.2, 0.25) is 0 Å². The SMILES string of the molecule is CC[Si](CC)(CC)c1cccc(B(O)O)c1. The van der Waals surface area contributed by atoms with Crippen LogP contribution in [0.5, 0.6) is 0 Å². The Balaban J connectivity index is 3.15. The molecule has 0 spiro atoms. The van der Waals surface area contributed by atoms with Crippen molar-refractivity contribution in [3.63, 3.8) is 0 Å². The summed E-state index contributed by atoms with van der Waals surface area (Å²) in [7, 11) is -2.74. The molecular weight excluding hydrogens is 215 g/mol. The molecule has 1 aromatic rings. The zero-order valence-corrected chi connectivity index (χ0v) is 11.4. The summed E-state index contributed by atoms with van der Waals surface area (Å²) in [5, 5.41) is 19.8. The van der Waals surface area contributed by atoms with Crippen LogP contribution >= 0.6 is 0 Å². The molecule has 2 nitrogen and oxygen atoms in total. The maximum Gasteiger partial charge on any atom is 0.488 e. The molecule has 0 fully saturated rings. The number of benzene rings is 1. The van der Waals surface area contributed by atoms with Gasteiger partial charge in [0.05, 0.1) is 8.07 Å². The minimum Gasteiger partial charge on any atom is -0.423 e. The highest BCUT2D eigenvalue weighted by Crippen LogP contribution is 2.19. The van der Waals surface area contributed by atoms with E-state index >= 15 is 0 Å². The molecule has 0 saturated carbocycles. The fraction of sp³-hybridized carbons (Fsp3) is 0.500. The second-order valence-electron chi connectivity index (χ2n) is 4.34. The third-order valence-electron chi connectivity index (χ3n) is 3.83. The highest BCUT2D eigenvalue weighted by Gasteiger charge is 2.29. The largest absolute Gasteiger partial charge is 0.488 e. The zero-order chi connectivity index (χ0) is 12.2. The predicted molar refractivity (Wildman–Crippen MR) is 73.1 cm³/mol. The second kappa shape index (κ2) is 5.66. The molecule has 0 saturated heterocycles. The average Bonchev–Trinajstić information content (AvgIpc) is 2.32. The Morgan fingerprint density at radius 2 is 1.62 bits per heavy atom. The molecule has 88 valence electrons. The third kappa shape index (κ3) is 2.56. The lowest BCUT2D eigenvalue weighted by Gasteiger charge is -2.29. The van der Waals surface area contributed by atoms with Crippen molar-refractivity contribution in [1.29, 1.82) is 0 Å². The Morgan fingerprint density at radius 1 is 1.06 bits per heavy atom. The van der Waals surface area contributed by atoms with Crippen molar-refractivity contribution in [1.82, 2.24) is 0 Å². The zero-order valence-electron chi connectivity index (χ0n) is 10.4. The number of hydrogen-bond acceptors (Lipinski definition) is 2. The van der Waals surface area contributed by atoms with Crippen LogP contribution in [0.1, 0.15) is 20.8 Å². The molecule has 0 aromatic heterocycles. The Morgan fingerprint density at radius 3 is 2.06 bits per heavy atom. The van der Waals surface area contributed by atoms with E-state index in [2.05, 4.69) is 26.8 Å². The molecule has 2 N–H and O–H groups in total. The Kier molecular flexibility index (Phi) is 4.77. The molecule has 0 atom stereocenters. The molecule has 1 rings (SSSR count). The molecule has 0 aliphatic rings. The van der Waals surface area contributed by atoms with E-state index < -0.39 is 15.2 Å². The smallest absolute Gasteiger partial charge is 0.423 e. The molecule has 0 amide bonds. The summed E-state index contributed by atoms with van der Waals surface area (Å²) in [6.07, 6.45) is 0. The summed E-state index contributed by atoms with van der Waals surface area (Å²) in [5.74, 6) is 0. The standard InChI is InChI=1S/C12H21BO2Si/c1-4-16(5-2,6-3)12-9-7-8-11(10-12)13(14)15/h7-10,14-15H,4-6H2,1-3H3. The van der Waals surface area contributed by atoms with E-state index in [1.807, 2.05) is 12.1 Å². The van der Waals surface area contributed by atoms with Crippen molar-refractivity contribution in [3.8, 4) is 0 Å². The van der Waals surface area contributed by atoms with Gasteiger partial charge in [0.1, 0.15) is 0 Å². The van der Waals surface area contributed by atoms with E-state index in [4.69, 9.17) is 0 Å². The van der Waals surface area contributed by atoms with Crippen LogP contribution in [0.3, 0.4) is 0 Å². The van der Waals surface area contributed by atoms with Crippen LogP contribution in [0, 0.1) is 0 Å². The Labute approximate surface area is 99.5 Å². The van der Waals surface area contributed by atoms with Crippen LogP contribution in [0.25, 0.3) is 0 Å². The van der Waals surface area contributed by atoms with E-state index in [1.165, 1.54) is 23.3 Å². The maximum atomic E-state index is 9.20. The van der Waals surface area contributed by atoms with Crippen molar-refractivity contribution in [2.24, 2.45) is 0 Å². The highest BCUT2D eigenvalue weighted by molar-refractivity contribution is 6.92. The van der Waals surface area contributed by atoms with Gasteiger partial charge in [-0.05, 0) is 5.46 Å². The van der Waals surface area contributed by atoms with Crippen LogP contribution in [-0.4, -0.2) is 25.2 Å². The lowest BCUT2D eigenvalue weighted by molar-refractivity contribution is 0.426. The van der Waals surface area contributed by atoms with Gasteiger partial charge in [0.15, 0.2) is 0 Å². The molecule has 0 radical (unpaired) electrons. The number of rotatable bonds is 5. The predicted octanol–water partition coefficient (Wildman–Crippen LogP) is 1.08. The molecular formula is C12H21BO2Si. The fourth-order valence-electron chi connectivity index (χ4n) is 2.39. The van der Waals surface area contributed by atoms with E-state index in [9.17, 15) is 10.0 Å². The first-order valence-corrected chi connectivity index (χ1v) is 8.68. The highest BCUT2D eigenvalue weighted by atomic mass is 28.3. The van der Waals surface area contributed by atoms with Crippen molar-refractivity contribution in [3.05, 3.63) is 24.3 Å². The molecule has 0 bridgehead atoms. The van der Waals surface area contributed by atoms with E-state index in [0.717, 1.165) is 0 Å². The first-order chi connectivity index (χ1) is 7.59. The van der Waals surface area contributed by atoms with E-state index in [1.54, 1.807) is 6.07 Å². The molecule has 0 aliphatic carbocycles. The molecule has 0 aliphatic heterocycles. The summed E-state index contributed by atoms with van der Waals surface area (Å²) in [5.41, 5.74) is 0.615. The monoisotopic (exact) mass is 236 g/mol. The Bertz CT molecular complexity index is 329. The first kappa shape index (κ1) is 13.5. The molecule has 16 heavy (non-hydrogen) atoms. The van der Waals surface area contributed by atoms with Gasteiger partial charge in [-0.1, -0.05) is 68.4 Å². The summed E-state index contributed by atoms with van der Waals surface area (Å²) in [6, 6.07) is 11.5. The summed E-state index contributed by atoms with van der Waals surface area (Å²) < 4.78 is 0. The van der Waals surface area contributed by atoms with Crippen LogP contribution < -0.4 is 10.6 Å². The summed E-state index contributed by atoms with van der Waals surface area (Å²) >= 11 is 0. The molecule has 4 heteroatoms. The van der Waals surface area contributed by atoms with Gasteiger partial charge < -0.3 is 10.0 Å². The van der Waals surface area contributed by atoms with E-state index in [0.29, 0.717) is 5.46 Å². The van der Waals surface area contributed by atoms with Crippen molar-refractivity contribution < 1.29 is 10.0 Å². The summed E-state index contributed by atoms with van der Waals surface area (Å²) in [6.45, 7) is 6.75. The van der Waals surface area contributed by atoms with Gasteiger partial charge in [0, 0.05) is 0 Å². The third-order valence-corrected chi connectivity index (χ3v) is 9.42. The molecule has 0 unspecified atom stereocenters. The second-order valence-corrected chi connectivity index (χ2v) is 9.60. The normalized spacial score (nSPS) is 11.6. The van der Waals surface area contributed by atoms with E-state index in [-0.39, 0.29) is 0 Å². The molecule has 1 aromatic carbocycles. The van der Waals surface area contributed by atoms with Crippen molar-refractivity contribution in [2.45, 2.75) is 38.9 Å². The Hall–Kier alpha value is -0.578. The maximum absolute atomic E-state index is 9.20. The first-order valence-electron chi connectivity index (χ1n) is 6.06. The quantitative estimate of drug-likeness (QED) is 0.751. The molecule has 0 heterocycles. The van der Waals surface area contributed by atoms with Crippen LogP contribution in [0.4, 0.5) is 0 Å². The van der Waals surface area contributed by atoms with Gasteiger partial charge in [-0.15, -0.1) is 0 Å². The van der Waals surface area contributed by atoms with Gasteiger partial charge in [-0.2, -0.15) is 0 Å². The van der Waals surface area contributed by atoms with Crippen LogP contribution in [0.15, 0.2) is 24.3 Å². The van der Waals surface area contributed by atoms with Gasteiger partial charge >= 0.3 is 7.12 Å². The minimum atomic E-state index is -1.39. The average molecular weight is 236 g/mol. The topological polar surface area (TPSA) is 40.5 Å². The fourth-order valence-corrected chi connectivity index (χ4v) is 6.04. The van der Waals surface area contributed by atoms with Crippen molar-refractivity contribution in [2.75, 3.05) is 0 Å². The van der Waals surface area contributed by atoms with Gasteiger partial charge in [-0.25, -0.2) is 0 Å². The lowest BCUT2D eigenvalue weighted by atomic mass is 9.80. The van der Waals surface area contributed by atoms with Crippen LogP contribution in [0.2, 0.25) is 18.1 Å². The lowest BCUT2D eigenvalue weighted by Crippen LogP contribution is -2.48. The minimum absolute atomic E-state index is 0.615. The van der Waals surface area contributed by atoms with Crippen LogP contribution in [-0.2, 0) is 0 Å². The van der Waals surface area contributed by atoms with Gasteiger partial charge in [-0.3, -0.25) is 0 Å². The van der Waals surface area contributed by atoms with Crippen molar-refractivity contribution >= 4 is 25.8 Å². The summed E-state index contributed by atoms with van der Waals surface area (Å²) in [4.78, 5) is 0. The van der Waals surface area contributed by atoms with Gasteiger partial charge in [0.25, 0.3) is 0 Å².